The number of likely N-dealkylation sites (tertiary alicyclic amines) is 1. The number of aliphatic hydroxyl groups excluding tert-OH is 1. The van der Waals surface area contributed by atoms with Gasteiger partial charge in [-0.1, -0.05) is 60.2 Å². The molecule has 5 aromatic rings. The number of hydrogen-bond donors (Lipinski definition) is 1. The molecule has 0 radical (unpaired) electrons. The minimum Gasteiger partial charge on any atom is -0.507 e. The third-order valence-corrected chi connectivity index (χ3v) is 7.41. The van der Waals surface area contributed by atoms with E-state index in [1.807, 2.05) is 61.5 Å². The zero-order valence-electron chi connectivity index (χ0n) is 24.1. The molecule has 1 N–H and O–H groups in total. The maximum absolute atomic E-state index is 13.6. The predicted octanol–water partition coefficient (Wildman–Crippen LogP) is 7.38. The Morgan fingerprint density at radius 1 is 0.773 bits per heavy atom. The molecule has 4 aromatic carbocycles. The monoisotopic (exact) mass is 582 g/mol. The fourth-order valence-electron chi connectivity index (χ4n) is 5.28. The normalized spacial score (nSPS) is 15.8. The Balaban J connectivity index is 1.34. The molecule has 1 aliphatic heterocycles. The standard InChI is InChI=1S/C37H30N2O5/c1-25-7-5-8-27(21-25)24-43-30-15-13-28(14-16-30)35(40)33-34(39(37(42)36(33)41)23-26-17-19-38-20-18-26)29-9-6-12-32(22-29)44-31-10-3-2-4-11-31/h2-22,34,40H,23-24H2,1H3/t34-/m0/s1. The number of aromatic nitrogens is 1. The first-order chi connectivity index (χ1) is 21.5. The molecule has 44 heavy (non-hydrogen) atoms. The number of pyridine rings is 1. The van der Waals surface area contributed by atoms with Crippen molar-refractivity contribution in [1.29, 1.82) is 0 Å². The molecule has 7 nitrogen and oxygen atoms in total. The number of ether oxygens (including phenoxy) is 2. The molecule has 1 atom stereocenters. The van der Waals surface area contributed by atoms with Crippen molar-refractivity contribution in [2.45, 2.75) is 26.1 Å². The molecule has 0 spiro atoms. The topological polar surface area (TPSA) is 89.0 Å². The van der Waals surface area contributed by atoms with Crippen LogP contribution in [0.4, 0.5) is 0 Å². The van der Waals surface area contributed by atoms with Crippen molar-refractivity contribution < 1.29 is 24.2 Å². The number of ketones is 1. The van der Waals surface area contributed by atoms with Crippen LogP contribution >= 0.6 is 0 Å². The molecular formula is C37H30N2O5. The molecule has 0 aliphatic carbocycles. The molecule has 2 heterocycles. The van der Waals surface area contributed by atoms with E-state index < -0.39 is 17.7 Å². The lowest BCUT2D eigenvalue weighted by molar-refractivity contribution is -0.140. The van der Waals surface area contributed by atoms with Gasteiger partial charge in [-0.3, -0.25) is 14.6 Å². The van der Waals surface area contributed by atoms with Gasteiger partial charge in [-0.05, 0) is 84.3 Å². The quantitative estimate of drug-likeness (QED) is 0.111. The zero-order chi connectivity index (χ0) is 30.5. The van der Waals surface area contributed by atoms with Crippen LogP contribution in [0.3, 0.4) is 0 Å². The molecular weight excluding hydrogens is 552 g/mol. The highest BCUT2D eigenvalue weighted by Crippen LogP contribution is 2.41. The van der Waals surface area contributed by atoms with E-state index in [4.69, 9.17) is 9.47 Å². The summed E-state index contributed by atoms with van der Waals surface area (Å²) < 4.78 is 12.0. The molecule has 0 unspecified atom stereocenters. The van der Waals surface area contributed by atoms with Gasteiger partial charge in [-0.2, -0.15) is 0 Å². The summed E-state index contributed by atoms with van der Waals surface area (Å²) in [5, 5.41) is 11.6. The first-order valence-corrected chi connectivity index (χ1v) is 14.3. The van der Waals surface area contributed by atoms with E-state index in [9.17, 15) is 14.7 Å². The summed E-state index contributed by atoms with van der Waals surface area (Å²) in [4.78, 5) is 32.6. The lowest BCUT2D eigenvalue weighted by Gasteiger charge is -2.25. The summed E-state index contributed by atoms with van der Waals surface area (Å²) >= 11 is 0. The average molecular weight is 583 g/mol. The minimum absolute atomic E-state index is 0.00865. The number of amides is 1. The lowest BCUT2D eigenvalue weighted by atomic mass is 9.95. The largest absolute Gasteiger partial charge is 0.507 e. The fraction of sp³-hybridized carbons (Fsp3) is 0.108. The van der Waals surface area contributed by atoms with E-state index >= 15 is 0 Å². The van der Waals surface area contributed by atoms with Gasteiger partial charge in [0.2, 0.25) is 0 Å². The summed E-state index contributed by atoms with van der Waals surface area (Å²) in [7, 11) is 0. The van der Waals surface area contributed by atoms with Gasteiger partial charge in [-0.15, -0.1) is 0 Å². The van der Waals surface area contributed by atoms with Gasteiger partial charge in [0.1, 0.15) is 29.6 Å². The van der Waals surface area contributed by atoms with E-state index in [0.717, 1.165) is 16.7 Å². The molecule has 1 aliphatic rings. The minimum atomic E-state index is -0.847. The Morgan fingerprint density at radius 2 is 1.50 bits per heavy atom. The van der Waals surface area contributed by atoms with E-state index in [1.54, 1.807) is 67.0 Å². The molecule has 0 bridgehead atoms. The van der Waals surface area contributed by atoms with Gasteiger partial charge in [0.05, 0.1) is 11.6 Å². The van der Waals surface area contributed by atoms with Crippen molar-refractivity contribution in [3.63, 3.8) is 0 Å². The number of benzene rings is 4. The number of rotatable bonds is 9. The van der Waals surface area contributed by atoms with E-state index in [-0.39, 0.29) is 17.9 Å². The van der Waals surface area contributed by atoms with Crippen LogP contribution in [-0.2, 0) is 22.7 Å². The number of carbonyl (C=O) groups excluding carboxylic acids is 2. The summed E-state index contributed by atoms with van der Waals surface area (Å²) in [5.41, 5.74) is 4.04. The summed E-state index contributed by atoms with van der Waals surface area (Å²) in [5.74, 6) is 0.101. The molecule has 1 fully saturated rings. The van der Waals surface area contributed by atoms with Crippen molar-refractivity contribution in [2.24, 2.45) is 0 Å². The second kappa shape index (κ2) is 12.7. The Morgan fingerprint density at radius 3 is 2.25 bits per heavy atom. The van der Waals surface area contributed by atoms with Gasteiger partial charge in [-0.25, -0.2) is 0 Å². The third-order valence-electron chi connectivity index (χ3n) is 7.41. The van der Waals surface area contributed by atoms with Crippen molar-refractivity contribution in [3.8, 4) is 17.2 Å². The molecule has 7 heteroatoms. The van der Waals surface area contributed by atoms with Gasteiger partial charge < -0.3 is 19.5 Å². The number of aliphatic hydroxyl groups is 1. The van der Waals surface area contributed by atoms with Crippen LogP contribution in [0, 0.1) is 6.92 Å². The van der Waals surface area contributed by atoms with Crippen LogP contribution in [-0.4, -0.2) is 26.7 Å². The summed E-state index contributed by atoms with van der Waals surface area (Å²) in [6, 6.07) is 34.2. The van der Waals surface area contributed by atoms with Crippen LogP contribution in [0.15, 0.2) is 133 Å². The van der Waals surface area contributed by atoms with Crippen LogP contribution in [0.25, 0.3) is 5.76 Å². The van der Waals surface area contributed by atoms with Gasteiger partial charge >= 0.3 is 0 Å². The van der Waals surface area contributed by atoms with Gasteiger partial charge in [0.25, 0.3) is 11.7 Å². The summed E-state index contributed by atoms with van der Waals surface area (Å²) in [6.07, 6.45) is 3.27. The number of hydrogen-bond acceptors (Lipinski definition) is 6. The van der Waals surface area contributed by atoms with E-state index in [2.05, 4.69) is 11.1 Å². The first kappa shape index (κ1) is 28.4. The fourth-order valence-corrected chi connectivity index (χ4v) is 5.28. The van der Waals surface area contributed by atoms with Gasteiger partial charge in [0.15, 0.2) is 0 Å². The molecule has 1 aromatic heterocycles. The maximum Gasteiger partial charge on any atom is 0.295 e. The lowest BCUT2D eigenvalue weighted by Crippen LogP contribution is -2.29. The number of nitrogens with zero attached hydrogens (tertiary/aromatic N) is 2. The van der Waals surface area contributed by atoms with Crippen LogP contribution in [0.2, 0.25) is 0 Å². The molecule has 218 valence electrons. The maximum atomic E-state index is 13.6. The van der Waals surface area contributed by atoms with Crippen molar-refractivity contribution in [3.05, 3.63) is 161 Å². The first-order valence-electron chi connectivity index (χ1n) is 14.3. The molecule has 6 rings (SSSR count). The second-order valence-corrected chi connectivity index (χ2v) is 10.6. The van der Waals surface area contributed by atoms with Crippen molar-refractivity contribution in [1.82, 2.24) is 9.88 Å². The Labute approximate surface area is 255 Å². The summed E-state index contributed by atoms with van der Waals surface area (Å²) in [6.45, 7) is 2.58. The highest BCUT2D eigenvalue weighted by atomic mass is 16.5. The SMILES string of the molecule is Cc1cccc(COc2ccc(C(O)=C3C(=O)C(=O)N(Cc4ccncc4)[C@H]3c3cccc(Oc4ccccc4)c3)cc2)c1. The highest BCUT2D eigenvalue weighted by molar-refractivity contribution is 6.46. The number of aryl methyl sites for hydroxylation is 1. The molecule has 1 saturated heterocycles. The zero-order valence-corrected chi connectivity index (χ0v) is 24.1. The Hall–Kier alpha value is -5.69. The van der Waals surface area contributed by atoms with Crippen LogP contribution < -0.4 is 9.47 Å². The number of Topliss-reactive ketones (excluding diaryl/α,β-unsaturated/α-hetero) is 1. The van der Waals surface area contributed by atoms with Gasteiger partial charge in [0, 0.05) is 24.5 Å². The Bertz CT molecular complexity index is 1820. The third kappa shape index (κ3) is 6.22. The van der Waals surface area contributed by atoms with Crippen molar-refractivity contribution in [2.75, 3.05) is 0 Å². The van der Waals surface area contributed by atoms with Crippen molar-refractivity contribution >= 4 is 17.4 Å². The number of para-hydroxylation sites is 1. The Kier molecular flexibility index (Phi) is 8.19. The molecule has 0 saturated carbocycles. The number of carbonyl (C=O) groups is 2. The van der Waals surface area contributed by atoms with Crippen LogP contribution in [0.1, 0.15) is 33.9 Å². The predicted molar refractivity (Wildman–Crippen MR) is 167 cm³/mol. The highest BCUT2D eigenvalue weighted by Gasteiger charge is 2.46. The smallest absolute Gasteiger partial charge is 0.295 e. The average Bonchev–Trinajstić information content (AvgIpc) is 3.30. The van der Waals surface area contributed by atoms with E-state index in [0.29, 0.717) is 35.0 Å². The van der Waals surface area contributed by atoms with Crippen LogP contribution in [0.5, 0.6) is 17.2 Å². The molecule has 1 amide bonds. The van der Waals surface area contributed by atoms with E-state index in [1.165, 1.54) is 4.90 Å². The second-order valence-electron chi connectivity index (χ2n) is 10.6.